The molecule has 0 fully saturated rings. The minimum atomic E-state index is 0.820. The van der Waals surface area contributed by atoms with Gasteiger partial charge in [0.25, 0.3) is 0 Å². The van der Waals surface area contributed by atoms with Crippen molar-refractivity contribution in [2.75, 3.05) is 7.11 Å². The van der Waals surface area contributed by atoms with Crippen molar-refractivity contribution in [2.45, 2.75) is 12.3 Å². The smallest absolute Gasteiger partial charge is 0.141 e. The van der Waals surface area contributed by atoms with Crippen LogP contribution in [0.3, 0.4) is 0 Å². The van der Waals surface area contributed by atoms with E-state index in [0.29, 0.717) is 0 Å². The lowest BCUT2D eigenvalue weighted by Crippen LogP contribution is -1.95. The third-order valence-corrected chi connectivity index (χ3v) is 4.23. The summed E-state index contributed by atoms with van der Waals surface area (Å²) in [4.78, 5) is 0. The van der Waals surface area contributed by atoms with E-state index >= 15 is 0 Å². The van der Waals surface area contributed by atoms with Gasteiger partial charge in [-0.1, -0.05) is 40.2 Å². The lowest BCUT2D eigenvalue weighted by atomic mass is 10.00. The number of halogens is 2. The first-order valence-electron chi connectivity index (χ1n) is 5.00. The van der Waals surface area contributed by atoms with Gasteiger partial charge in [-0.2, -0.15) is 0 Å². The van der Waals surface area contributed by atoms with E-state index in [1.807, 2.05) is 6.07 Å². The standard InChI is InChI=1S/C13H12Br2O/c1-8-9-5-3-4-6-10(9)13(16-2)12(15)11(8)7-14/h3-6H,7H2,1-2H3. The number of methoxy groups -OCH3 is 1. The minimum Gasteiger partial charge on any atom is -0.495 e. The number of hydrogen-bond donors (Lipinski definition) is 0. The summed E-state index contributed by atoms with van der Waals surface area (Å²) in [5.41, 5.74) is 2.54. The summed E-state index contributed by atoms with van der Waals surface area (Å²) in [6.45, 7) is 2.14. The summed E-state index contributed by atoms with van der Waals surface area (Å²) >= 11 is 7.14. The fourth-order valence-corrected chi connectivity index (χ4v) is 3.84. The van der Waals surface area contributed by atoms with Crippen molar-refractivity contribution in [3.05, 3.63) is 39.9 Å². The molecule has 84 valence electrons. The van der Waals surface area contributed by atoms with Crippen LogP contribution in [0.25, 0.3) is 10.8 Å². The second-order valence-electron chi connectivity index (χ2n) is 3.63. The molecule has 0 radical (unpaired) electrons. The largest absolute Gasteiger partial charge is 0.495 e. The van der Waals surface area contributed by atoms with Crippen LogP contribution in [0.1, 0.15) is 11.1 Å². The second-order valence-corrected chi connectivity index (χ2v) is 4.98. The maximum Gasteiger partial charge on any atom is 0.141 e. The highest BCUT2D eigenvalue weighted by Gasteiger charge is 2.14. The number of ether oxygens (including phenoxy) is 1. The normalized spacial score (nSPS) is 10.8. The van der Waals surface area contributed by atoms with Crippen LogP contribution in [0, 0.1) is 6.92 Å². The van der Waals surface area contributed by atoms with Crippen molar-refractivity contribution in [3.63, 3.8) is 0 Å². The number of fused-ring (bicyclic) bond motifs is 1. The van der Waals surface area contributed by atoms with E-state index in [9.17, 15) is 0 Å². The Morgan fingerprint density at radius 3 is 2.38 bits per heavy atom. The molecule has 16 heavy (non-hydrogen) atoms. The molecule has 0 heterocycles. The maximum absolute atomic E-state index is 5.49. The molecule has 0 unspecified atom stereocenters. The van der Waals surface area contributed by atoms with Gasteiger partial charge in [-0.15, -0.1) is 0 Å². The van der Waals surface area contributed by atoms with Crippen LogP contribution >= 0.6 is 31.9 Å². The molecule has 3 heteroatoms. The summed E-state index contributed by atoms with van der Waals surface area (Å²) in [5, 5.41) is 3.22. The third kappa shape index (κ3) is 1.76. The van der Waals surface area contributed by atoms with Crippen LogP contribution in [0.4, 0.5) is 0 Å². The Bertz CT molecular complexity index is 535. The summed E-state index contributed by atoms with van der Waals surface area (Å²) in [6.07, 6.45) is 0. The summed E-state index contributed by atoms with van der Waals surface area (Å²) < 4.78 is 6.53. The zero-order valence-electron chi connectivity index (χ0n) is 9.18. The van der Waals surface area contributed by atoms with Gasteiger partial charge in [0.05, 0.1) is 11.6 Å². The van der Waals surface area contributed by atoms with Gasteiger partial charge in [0.2, 0.25) is 0 Å². The van der Waals surface area contributed by atoms with Gasteiger partial charge in [0.15, 0.2) is 0 Å². The predicted octanol–water partition coefficient (Wildman–Crippen LogP) is 4.81. The lowest BCUT2D eigenvalue weighted by molar-refractivity contribution is 0.417. The maximum atomic E-state index is 5.49. The van der Waals surface area contributed by atoms with Gasteiger partial charge in [-0.05, 0) is 39.4 Å². The molecule has 0 aromatic heterocycles. The van der Waals surface area contributed by atoms with Gasteiger partial charge in [0, 0.05) is 10.7 Å². The third-order valence-electron chi connectivity index (χ3n) is 2.83. The van der Waals surface area contributed by atoms with E-state index in [2.05, 4.69) is 57.0 Å². The van der Waals surface area contributed by atoms with Crippen LogP contribution in [0.5, 0.6) is 5.75 Å². The van der Waals surface area contributed by atoms with Crippen LogP contribution in [-0.2, 0) is 5.33 Å². The molecule has 0 bridgehead atoms. The Morgan fingerprint density at radius 1 is 1.19 bits per heavy atom. The fraction of sp³-hybridized carbons (Fsp3) is 0.231. The Balaban J connectivity index is 2.94. The molecule has 0 aliphatic carbocycles. The molecule has 0 N–H and O–H groups in total. The van der Waals surface area contributed by atoms with Gasteiger partial charge in [-0.25, -0.2) is 0 Å². The highest BCUT2D eigenvalue weighted by Crippen LogP contribution is 2.40. The molecule has 2 aromatic carbocycles. The average molecular weight is 344 g/mol. The van der Waals surface area contributed by atoms with Crippen molar-refractivity contribution in [3.8, 4) is 5.75 Å². The van der Waals surface area contributed by atoms with Gasteiger partial charge in [0.1, 0.15) is 5.75 Å². The molecule has 0 aliphatic rings. The van der Waals surface area contributed by atoms with Crippen molar-refractivity contribution >= 4 is 42.6 Å². The lowest BCUT2D eigenvalue weighted by Gasteiger charge is -2.15. The quantitative estimate of drug-likeness (QED) is 0.711. The highest BCUT2D eigenvalue weighted by atomic mass is 79.9. The second kappa shape index (κ2) is 4.76. The highest BCUT2D eigenvalue weighted by molar-refractivity contribution is 9.11. The van der Waals surface area contributed by atoms with E-state index in [1.54, 1.807) is 7.11 Å². The van der Waals surface area contributed by atoms with Gasteiger partial charge >= 0.3 is 0 Å². The van der Waals surface area contributed by atoms with E-state index in [0.717, 1.165) is 20.9 Å². The molecule has 0 aliphatic heterocycles. The van der Waals surface area contributed by atoms with Crippen LogP contribution in [0.2, 0.25) is 0 Å². The first-order chi connectivity index (χ1) is 7.70. The number of aryl methyl sites for hydroxylation is 1. The first kappa shape index (κ1) is 11.9. The van der Waals surface area contributed by atoms with E-state index in [-0.39, 0.29) is 0 Å². The Kier molecular flexibility index (Phi) is 3.55. The van der Waals surface area contributed by atoms with E-state index in [1.165, 1.54) is 16.5 Å². The SMILES string of the molecule is COc1c(Br)c(CBr)c(C)c2ccccc12. The fourth-order valence-electron chi connectivity index (χ4n) is 1.95. The van der Waals surface area contributed by atoms with E-state index in [4.69, 9.17) is 4.74 Å². The molecular weight excluding hydrogens is 332 g/mol. The summed E-state index contributed by atoms with van der Waals surface area (Å²) in [6, 6.07) is 8.31. The van der Waals surface area contributed by atoms with Crippen molar-refractivity contribution < 1.29 is 4.74 Å². The molecule has 0 saturated carbocycles. The van der Waals surface area contributed by atoms with Crippen molar-refractivity contribution in [2.24, 2.45) is 0 Å². The number of benzene rings is 2. The molecular formula is C13H12Br2O. The zero-order chi connectivity index (χ0) is 11.7. The molecule has 0 amide bonds. The van der Waals surface area contributed by atoms with Crippen molar-refractivity contribution in [1.82, 2.24) is 0 Å². The van der Waals surface area contributed by atoms with E-state index < -0.39 is 0 Å². The Labute approximate surface area is 112 Å². The van der Waals surface area contributed by atoms with Gasteiger partial charge in [-0.3, -0.25) is 0 Å². The van der Waals surface area contributed by atoms with Crippen LogP contribution in [-0.4, -0.2) is 7.11 Å². The summed E-state index contributed by atoms with van der Waals surface area (Å²) in [7, 11) is 1.71. The molecule has 0 atom stereocenters. The molecule has 0 saturated heterocycles. The number of rotatable bonds is 2. The molecule has 0 spiro atoms. The average Bonchev–Trinajstić information content (AvgIpc) is 2.30. The number of alkyl halides is 1. The monoisotopic (exact) mass is 342 g/mol. The minimum absolute atomic E-state index is 0.820. The zero-order valence-corrected chi connectivity index (χ0v) is 12.4. The topological polar surface area (TPSA) is 9.23 Å². The molecule has 2 rings (SSSR count). The first-order valence-corrected chi connectivity index (χ1v) is 6.91. The Morgan fingerprint density at radius 2 is 1.81 bits per heavy atom. The van der Waals surface area contributed by atoms with Gasteiger partial charge < -0.3 is 4.74 Å². The van der Waals surface area contributed by atoms with Crippen LogP contribution < -0.4 is 4.74 Å². The van der Waals surface area contributed by atoms with Crippen molar-refractivity contribution in [1.29, 1.82) is 0 Å². The Hall–Kier alpha value is -0.540. The molecule has 1 nitrogen and oxygen atoms in total. The molecule has 2 aromatic rings. The summed E-state index contributed by atoms with van der Waals surface area (Å²) in [5.74, 6) is 0.913. The van der Waals surface area contributed by atoms with Crippen LogP contribution in [0.15, 0.2) is 28.7 Å². The predicted molar refractivity (Wildman–Crippen MR) is 75.6 cm³/mol. The number of hydrogen-bond acceptors (Lipinski definition) is 1.